The van der Waals surface area contributed by atoms with Crippen molar-refractivity contribution in [2.45, 2.75) is 92.2 Å². The number of nitrogens with one attached hydrogen (secondary N) is 3. The van der Waals surface area contributed by atoms with E-state index in [9.17, 15) is 14.4 Å². The third kappa shape index (κ3) is 17.1. The highest BCUT2D eigenvalue weighted by atomic mass is 16.6. The Morgan fingerprint density at radius 3 is 2.00 bits per heavy atom. The molecule has 0 heterocycles. The Labute approximate surface area is 182 Å². The number of ether oxygens (including phenoxy) is 1. The Kier molecular flexibility index (Phi) is 14.1. The SMILES string of the molecule is CC(C)CCC(=O)NCNC(=O)CCN(CCCCNC(=O)OC(C)(C)C)C(C)C. The van der Waals surface area contributed by atoms with Crippen molar-refractivity contribution in [3.05, 3.63) is 0 Å². The Morgan fingerprint density at radius 2 is 1.47 bits per heavy atom. The lowest BCUT2D eigenvalue weighted by Gasteiger charge is -2.26. The van der Waals surface area contributed by atoms with E-state index < -0.39 is 11.7 Å². The van der Waals surface area contributed by atoms with Crippen LogP contribution in [0.3, 0.4) is 0 Å². The van der Waals surface area contributed by atoms with E-state index >= 15 is 0 Å². The number of carbonyl (C=O) groups excluding carboxylic acids is 3. The van der Waals surface area contributed by atoms with Crippen molar-refractivity contribution < 1.29 is 19.1 Å². The maximum atomic E-state index is 12.0. The van der Waals surface area contributed by atoms with Gasteiger partial charge < -0.3 is 25.6 Å². The zero-order valence-corrected chi connectivity index (χ0v) is 20.1. The molecule has 0 aromatic carbocycles. The van der Waals surface area contributed by atoms with Crippen LogP contribution < -0.4 is 16.0 Å². The van der Waals surface area contributed by atoms with Crippen molar-refractivity contribution in [3.63, 3.8) is 0 Å². The van der Waals surface area contributed by atoms with E-state index in [0.29, 0.717) is 37.9 Å². The lowest BCUT2D eigenvalue weighted by Crippen LogP contribution is -2.40. The summed E-state index contributed by atoms with van der Waals surface area (Å²) in [6, 6.07) is 0.326. The molecular weight excluding hydrogens is 384 g/mol. The topological polar surface area (TPSA) is 99.8 Å². The fourth-order valence-electron chi connectivity index (χ4n) is 2.66. The summed E-state index contributed by atoms with van der Waals surface area (Å²) in [6.45, 7) is 16.1. The third-order valence-electron chi connectivity index (χ3n) is 4.42. The summed E-state index contributed by atoms with van der Waals surface area (Å²) in [5.74, 6) is 0.379. The second-order valence-corrected chi connectivity index (χ2v) is 9.32. The molecule has 0 aliphatic heterocycles. The molecule has 0 aliphatic carbocycles. The van der Waals surface area contributed by atoms with E-state index in [-0.39, 0.29) is 18.5 Å². The molecule has 8 nitrogen and oxygen atoms in total. The first-order valence-electron chi connectivity index (χ1n) is 11.1. The summed E-state index contributed by atoms with van der Waals surface area (Å²) in [7, 11) is 0. The van der Waals surface area contributed by atoms with Gasteiger partial charge in [-0.25, -0.2) is 4.79 Å². The van der Waals surface area contributed by atoms with E-state index in [1.54, 1.807) is 0 Å². The van der Waals surface area contributed by atoms with Crippen LogP contribution in [0.15, 0.2) is 0 Å². The van der Waals surface area contributed by atoms with E-state index in [2.05, 4.69) is 48.5 Å². The molecule has 0 saturated carbocycles. The van der Waals surface area contributed by atoms with Crippen LogP contribution in [0.5, 0.6) is 0 Å². The van der Waals surface area contributed by atoms with Crippen LogP contribution in [0.1, 0.15) is 80.6 Å². The Bertz CT molecular complexity index is 516. The molecular formula is C22H44N4O4. The van der Waals surface area contributed by atoms with Crippen molar-refractivity contribution in [3.8, 4) is 0 Å². The molecule has 0 unspecified atom stereocenters. The summed E-state index contributed by atoms with van der Waals surface area (Å²) < 4.78 is 5.21. The van der Waals surface area contributed by atoms with E-state index in [0.717, 1.165) is 25.8 Å². The van der Waals surface area contributed by atoms with Crippen molar-refractivity contribution in [2.24, 2.45) is 5.92 Å². The fourth-order valence-corrected chi connectivity index (χ4v) is 2.66. The first kappa shape index (κ1) is 28.2. The maximum Gasteiger partial charge on any atom is 0.407 e. The van der Waals surface area contributed by atoms with Crippen molar-refractivity contribution in [1.29, 1.82) is 0 Å². The molecule has 3 N–H and O–H groups in total. The molecule has 176 valence electrons. The number of alkyl carbamates (subject to hydrolysis) is 1. The predicted molar refractivity (Wildman–Crippen MR) is 120 cm³/mol. The lowest BCUT2D eigenvalue weighted by atomic mass is 10.1. The normalized spacial score (nSPS) is 11.7. The van der Waals surface area contributed by atoms with Gasteiger partial charge in [-0.2, -0.15) is 0 Å². The van der Waals surface area contributed by atoms with Crippen LogP contribution in [0.25, 0.3) is 0 Å². The zero-order chi connectivity index (χ0) is 23.2. The molecule has 8 heteroatoms. The lowest BCUT2D eigenvalue weighted by molar-refractivity contribution is -0.123. The average molecular weight is 429 g/mol. The van der Waals surface area contributed by atoms with Crippen LogP contribution >= 0.6 is 0 Å². The minimum Gasteiger partial charge on any atom is -0.444 e. The Balaban J connectivity index is 3.97. The molecule has 0 bridgehead atoms. The molecule has 0 rings (SSSR count). The van der Waals surface area contributed by atoms with Gasteiger partial charge in [0.15, 0.2) is 0 Å². The van der Waals surface area contributed by atoms with Gasteiger partial charge in [0.2, 0.25) is 11.8 Å². The molecule has 0 aromatic heterocycles. The minimum atomic E-state index is -0.490. The fraction of sp³-hybridized carbons (Fsp3) is 0.864. The maximum absolute atomic E-state index is 12.0. The Hall–Kier alpha value is -1.83. The van der Waals surface area contributed by atoms with Gasteiger partial charge in [-0.15, -0.1) is 0 Å². The molecule has 0 atom stereocenters. The van der Waals surface area contributed by atoms with Gasteiger partial charge in [0.1, 0.15) is 5.60 Å². The zero-order valence-electron chi connectivity index (χ0n) is 20.1. The summed E-state index contributed by atoms with van der Waals surface area (Å²) in [4.78, 5) is 37.6. The van der Waals surface area contributed by atoms with Crippen molar-refractivity contribution in [2.75, 3.05) is 26.3 Å². The van der Waals surface area contributed by atoms with Crippen LogP contribution in [-0.4, -0.2) is 60.8 Å². The van der Waals surface area contributed by atoms with E-state index in [1.807, 2.05) is 20.8 Å². The average Bonchev–Trinajstić information content (AvgIpc) is 2.60. The van der Waals surface area contributed by atoms with Crippen molar-refractivity contribution in [1.82, 2.24) is 20.9 Å². The van der Waals surface area contributed by atoms with Gasteiger partial charge in [0.25, 0.3) is 0 Å². The minimum absolute atomic E-state index is 0.0344. The number of amides is 3. The van der Waals surface area contributed by atoms with Gasteiger partial charge in [-0.05, 0) is 66.3 Å². The second kappa shape index (κ2) is 15.0. The standard InChI is InChI=1S/C22H44N4O4/c1-17(2)10-11-19(27)24-16-25-20(28)12-15-26(18(3)4)14-9-8-13-23-21(29)30-22(5,6)7/h17-18H,8-16H2,1-7H3,(H,23,29)(H,24,27)(H,25,28). The number of unbranched alkanes of at least 4 members (excludes halogenated alkanes) is 1. The highest BCUT2D eigenvalue weighted by molar-refractivity contribution is 5.78. The summed E-state index contributed by atoms with van der Waals surface area (Å²) in [5.41, 5.74) is -0.490. The number of nitrogens with zero attached hydrogens (tertiary/aromatic N) is 1. The predicted octanol–water partition coefficient (Wildman–Crippen LogP) is 3.02. The second-order valence-electron chi connectivity index (χ2n) is 9.32. The smallest absolute Gasteiger partial charge is 0.407 e. The highest BCUT2D eigenvalue weighted by Crippen LogP contribution is 2.07. The van der Waals surface area contributed by atoms with Gasteiger partial charge in [-0.3, -0.25) is 9.59 Å². The molecule has 0 aromatic rings. The van der Waals surface area contributed by atoms with Crippen LogP contribution in [-0.2, 0) is 14.3 Å². The molecule has 0 aliphatic rings. The highest BCUT2D eigenvalue weighted by Gasteiger charge is 2.16. The number of carbonyl (C=O) groups is 3. The number of rotatable bonds is 14. The molecule has 0 saturated heterocycles. The van der Waals surface area contributed by atoms with E-state index in [1.165, 1.54) is 0 Å². The number of hydrogen-bond donors (Lipinski definition) is 3. The summed E-state index contributed by atoms with van der Waals surface area (Å²) in [5, 5.41) is 8.23. The molecule has 0 fully saturated rings. The van der Waals surface area contributed by atoms with Crippen LogP contribution in [0, 0.1) is 5.92 Å². The first-order valence-corrected chi connectivity index (χ1v) is 11.1. The summed E-state index contributed by atoms with van der Waals surface area (Å²) >= 11 is 0. The Morgan fingerprint density at radius 1 is 0.867 bits per heavy atom. The van der Waals surface area contributed by atoms with Crippen molar-refractivity contribution >= 4 is 17.9 Å². The first-order chi connectivity index (χ1) is 13.9. The van der Waals surface area contributed by atoms with Gasteiger partial charge >= 0.3 is 6.09 Å². The van der Waals surface area contributed by atoms with Gasteiger partial charge in [-0.1, -0.05) is 13.8 Å². The van der Waals surface area contributed by atoms with E-state index in [4.69, 9.17) is 4.74 Å². The third-order valence-corrected chi connectivity index (χ3v) is 4.42. The van der Waals surface area contributed by atoms with Crippen LogP contribution in [0.2, 0.25) is 0 Å². The number of hydrogen-bond acceptors (Lipinski definition) is 5. The van der Waals surface area contributed by atoms with Gasteiger partial charge in [0.05, 0.1) is 6.67 Å². The molecule has 0 radical (unpaired) electrons. The van der Waals surface area contributed by atoms with Gasteiger partial charge in [0, 0.05) is 32.0 Å². The summed E-state index contributed by atoms with van der Waals surface area (Å²) in [6.07, 6.45) is 3.08. The van der Waals surface area contributed by atoms with Crippen LogP contribution in [0.4, 0.5) is 4.79 Å². The largest absolute Gasteiger partial charge is 0.444 e. The monoisotopic (exact) mass is 428 g/mol. The quantitative estimate of drug-likeness (QED) is 0.292. The molecule has 30 heavy (non-hydrogen) atoms. The molecule has 3 amide bonds. The molecule has 0 spiro atoms.